The van der Waals surface area contributed by atoms with Crippen LogP contribution in [0.4, 0.5) is 17.1 Å². The summed E-state index contributed by atoms with van der Waals surface area (Å²) in [6, 6.07) is 19.1. The number of non-ortho nitro benzene ring substituents is 1. The van der Waals surface area contributed by atoms with Crippen molar-refractivity contribution in [2.24, 2.45) is 0 Å². The van der Waals surface area contributed by atoms with Crippen molar-refractivity contribution in [2.45, 2.75) is 0 Å². The smallest absolute Gasteiger partial charge is 0.324 e. The molecule has 1 N–H and O–H groups in total. The van der Waals surface area contributed by atoms with Gasteiger partial charge in [-0.2, -0.15) is 0 Å². The molecule has 0 aliphatic rings. The molecule has 0 unspecified atom stereocenters. The van der Waals surface area contributed by atoms with Gasteiger partial charge in [0.1, 0.15) is 5.75 Å². The predicted octanol–water partition coefficient (Wildman–Crippen LogP) is 5.53. The standard InChI is InChI=1S/C18H15NO.C6H3N3O7/c1-20-16-9-10-18-17(13-16)15(11-12-19-18)8-7-14-5-3-2-4-6-14;10-6-4(8(13)14)1-3(7(11)12)2-5(6)9(15)16/h2-13H,1H3;1-2,10H/b8-7-;. The summed E-state index contributed by atoms with van der Waals surface area (Å²) in [5.74, 6) is -0.361. The second-order valence-electron chi connectivity index (χ2n) is 7.13. The number of aromatic hydroxyl groups is 1. The van der Waals surface area contributed by atoms with Gasteiger partial charge in [-0.1, -0.05) is 42.5 Å². The topological polar surface area (TPSA) is 172 Å². The number of phenolic OH excluding ortho intramolecular Hbond substituents is 1. The first-order chi connectivity index (χ1) is 17.2. The highest BCUT2D eigenvalue weighted by atomic mass is 16.6. The number of rotatable bonds is 6. The number of nitro groups is 3. The summed E-state index contributed by atoms with van der Waals surface area (Å²) in [5, 5.41) is 41.3. The largest absolute Gasteiger partial charge is 0.497 e. The molecule has 36 heavy (non-hydrogen) atoms. The molecular weight excluding hydrogens is 472 g/mol. The number of methoxy groups -OCH3 is 1. The second kappa shape index (κ2) is 11.2. The van der Waals surface area contributed by atoms with Gasteiger partial charge in [-0.3, -0.25) is 35.3 Å². The lowest BCUT2D eigenvalue weighted by molar-refractivity contribution is -0.404. The Morgan fingerprint density at radius 2 is 1.47 bits per heavy atom. The molecule has 0 atom stereocenters. The minimum atomic E-state index is -1.21. The van der Waals surface area contributed by atoms with E-state index >= 15 is 0 Å². The van der Waals surface area contributed by atoms with Crippen molar-refractivity contribution in [3.8, 4) is 11.5 Å². The number of benzene rings is 3. The number of phenols is 1. The number of aromatic nitrogens is 1. The number of nitrogens with zero attached hydrogens (tertiary/aromatic N) is 4. The predicted molar refractivity (Wildman–Crippen MR) is 132 cm³/mol. The number of pyridine rings is 1. The molecule has 1 aromatic heterocycles. The van der Waals surface area contributed by atoms with Gasteiger partial charge < -0.3 is 9.84 Å². The molecule has 0 fully saturated rings. The summed E-state index contributed by atoms with van der Waals surface area (Å²) in [7, 11) is 1.68. The minimum absolute atomic E-state index is 0.447. The average molecular weight is 490 g/mol. The minimum Gasteiger partial charge on any atom is -0.497 e. The van der Waals surface area contributed by atoms with Crippen LogP contribution >= 0.6 is 0 Å². The number of ether oxygens (including phenoxy) is 1. The molecule has 12 nitrogen and oxygen atoms in total. The summed E-state index contributed by atoms with van der Waals surface area (Å²) < 4.78 is 5.29. The fourth-order valence-electron chi connectivity index (χ4n) is 3.14. The lowest BCUT2D eigenvalue weighted by atomic mass is 10.1. The monoisotopic (exact) mass is 490 g/mol. The van der Waals surface area contributed by atoms with Gasteiger partial charge in [0, 0.05) is 11.6 Å². The maximum absolute atomic E-state index is 10.4. The van der Waals surface area contributed by atoms with Gasteiger partial charge in [-0.05, 0) is 35.4 Å². The van der Waals surface area contributed by atoms with Crippen LogP contribution in [0.3, 0.4) is 0 Å². The van der Waals surface area contributed by atoms with E-state index < -0.39 is 37.6 Å². The SMILES string of the molecule is COc1ccc2nccc(/C=C\c3ccccc3)c2c1.O=[N+]([O-])c1cc([N+](=O)[O-])c(O)c([N+](=O)[O-])c1. The maximum Gasteiger partial charge on any atom is 0.324 e. The first-order valence-electron chi connectivity index (χ1n) is 10.2. The van der Waals surface area contributed by atoms with Crippen molar-refractivity contribution in [1.29, 1.82) is 0 Å². The molecule has 1 heterocycles. The number of hydrogen-bond donors (Lipinski definition) is 1. The normalized spacial score (nSPS) is 10.5. The molecule has 4 aromatic rings. The molecule has 0 aliphatic carbocycles. The highest BCUT2D eigenvalue weighted by Crippen LogP contribution is 2.39. The molecular formula is C24H18N4O8. The lowest BCUT2D eigenvalue weighted by Gasteiger charge is -2.04. The van der Waals surface area contributed by atoms with Gasteiger partial charge in [-0.25, -0.2) is 0 Å². The fraction of sp³-hybridized carbons (Fsp3) is 0.0417. The van der Waals surface area contributed by atoms with Crippen LogP contribution in [0, 0.1) is 30.3 Å². The van der Waals surface area contributed by atoms with E-state index in [9.17, 15) is 30.3 Å². The van der Waals surface area contributed by atoms with E-state index in [2.05, 4.69) is 29.3 Å². The lowest BCUT2D eigenvalue weighted by Crippen LogP contribution is -1.97. The molecule has 0 radical (unpaired) electrons. The zero-order valence-electron chi connectivity index (χ0n) is 18.7. The van der Waals surface area contributed by atoms with E-state index in [0.29, 0.717) is 12.1 Å². The summed E-state index contributed by atoms with van der Waals surface area (Å²) >= 11 is 0. The Kier molecular flexibility index (Phi) is 7.82. The van der Waals surface area contributed by atoms with Crippen LogP contribution in [-0.2, 0) is 0 Å². The summed E-state index contributed by atoms with van der Waals surface area (Å²) in [5.41, 5.74) is 0.289. The van der Waals surface area contributed by atoms with Crippen LogP contribution in [0.25, 0.3) is 23.1 Å². The van der Waals surface area contributed by atoms with Gasteiger partial charge in [0.25, 0.3) is 11.4 Å². The average Bonchev–Trinajstić information content (AvgIpc) is 2.87. The maximum atomic E-state index is 10.4. The van der Waals surface area contributed by atoms with Crippen molar-refractivity contribution in [2.75, 3.05) is 7.11 Å². The number of fused-ring (bicyclic) bond motifs is 1. The van der Waals surface area contributed by atoms with Crippen LogP contribution in [0.1, 0.15) is 11.1 Å². The van der Waals surface area contributed by atoms with Crippen LogP contribution in [0.15, 0.2) is 72.9 Å². The Morgan fingerprint density at radius 3 is 2.03 bits per heavy atom. The molecule has 4 rings (SSSR count). The van der Waals surface area contributed by atoms with E-state index in [1.54, 1.807) is 7.11 Å². The van der Waals surface area contributed by atoms with Crippen molar-refractivity contribution >= 4 is 40.1 Å². The van der Waals surface area contributed by atoms with E-state index in [1.165, 1.54) is 5.56 Å². The molecule has 0 saturated heterocycles. The highest BCUT2D eigenvalue weighted by Gasteiger charge is 2.30. The van der Waals surface area contributed by atoms with Crippen LogP contribution in [0.2, 0.25) is 0 Å². The molecule has 0 aliphatic heterocycles. The Balaban J connectivity index is 0.000000207. The molecule has 12 heteroatoms. The second-order valence-corrected chi connectivity index (χ2v) is 7.13. The first-order valence-corrected chi connectivity index (χ1v) is 10.2. The van der Waals surface area contributed by atoms with Gasteiger partial charge in [-0.15, -0.1) is 0 Å². The highest BCUT2D eigenvalue weighted by molar-refractivity contribution is 5.91. The third-order valence-electron chi connectivity index (χ3n) is 4.90. The zero-order chi connectivity index (χ0) is 26.2. The quantitative estimate of drug-likeness (QED) is 0.269. The molecule has 3 aromatic carbocycles. The van der Waals surface area contributed by atoms with Crippen molar-refractivity contribution < 1.29 is 24.6 Å². The van der Waals surface area contributed by atoms with Crippen molar-refractivity contribution in [3.05, 3.63) is 114 Å². The molecule has 0 bridgehead atoms. The Morgan fingerprint density at radius 1 is 0.833 bits per heavy atom. The van der Waals surface area contributed by atoms with Crippen molar-refractivity contribution in [3.63, 3.8) is 0 Å². The zero-order valence-corrected chi connectivity index (χ0v) is 18.7. The number of hydrogen-bond acceptors (Lipinski definition) is 9. The van der Waals surface area contributed by atoms with E-state index in [-0.39, 0.29) is 0 Å². The molecule has 0 spiro atoms. The van der Waals surface area contributed by atoms with Crippen LogP contribution < -0.4 is 4.74 Å². The van der Waals surface area contributed by atoms with Gasteiger partial charge >= 0.3 is 11.4 Å². The van der Waals surface area contributed by atoms with E-state index in [1.807, 2.05) is 48.7 Å². The third-order valence-corrected chi connectivity index (χ3v) is 4.90. The van der Waals surface area contributed by atoms with Crippen LogP contribution in [-0.4, -0.2) is 32.0 Å². The molecule has 0 saturated carbocycles. The summed E-state index contributed by atoms with van der Waals surface area (Å²) in [6.07, 6.45) is 6.05. The Hall–Kier alpha value is -5.39. The Bertz CT molecular complexity index is 1440. The van der Waals surface area contributed by atoms with Gasteiger partial charge in [0.05, 0.1) is 39.5 Å². The first kappa shape index (κ1) is 25.2. The van der Waals surface area contributed by atoms with E-state index in [4.69, 9.17) is 9.84 Å². The summed E-state index contributed by atoms with van der Waals surface area (Å²) in [4.78, 5) is 32.2. The van der Waals surface area contributed by atoms with Crippen LogP contribution in [0.5, 0.6) is 11.5 Å². The van der Waals surface area contributed by atoms with Gasteiger partial charge in [0.2, 0.25) is 0 Å². The Labute approximate surface area is 203 Å². The van der Waals surface area contributed by atoms with Gasteiger partial charge in [0.15, 0.2) is 0 Å². The summed E-state index contributed by atoms with van der Waals surface area (Å²) in [6.45, 7) is 0. The molecule has 182 valence electrons. The third kappa shape index (κ3) is 5.94. The fourth-order valence-corrected chi connectivity index (χ4v) is 3.14. The number of nitro benzene ring substituents is 3. The van der Waals surface area contributed by atoms with E-state index in [0.717, 1.165) is 22.2 Å². The molecule has 0 amide bonds. The van der Waals surface area contributed by atoms with Crippen molar-refractivity contribution in [1.82, 2.24) is 4.98 Å².